The van der Waals surface area contributed by atoms with E-state index in [9.17, 15) is 0 Å². The second-order valence-electron chi connectivity index (χ2n) is 6.09. The zero-order chi connectivity index (χ0) is 13.0. The summed E-state index contributed by atoms with van der Waals surface area (Å²) in [4.78, 5) is 2.60. The summed E-state index contributed by atoms with van der Waals surface area (Å²) in [6.45, 7) is 16.6. The number of rotatable bonds is 5. The van der Waals surface area contributed by atoms with E-state index in [0.29, 0.717) is 30.2 Å². The van der Waals surface area contributed by atoms with Crippen LogP contribution in [0.4, 0.5) is 0 Å². The largest absolute Gasteiger partial charge is 0.373 e. The number of nitrogens with zero attached hydrogens (tertiary/aromatic N) is 1. The standard InChI is InChI=1S/C14H30N2O/c1-10(2)14(7-15-11(3)4)16-8-12(5)17-13(6)9-16/h10-15H,7-9H2,1-6H3/t12-,13+,14?. The second kappa shape index (κ2) is 6.72. The van der Waals surface area contributed by atoms with Crippen molar-refractivity contribution in [3.8, 4) is 0 Å². The van der Waals surface area contributed by atoms with Crippen LogP contribution in [0.15, 0.2) is 0 Å². The molecule has 0 saturated carbocycles. The van der Waals surface area contributed by atoms with Crippen LogP contribution < -0.4 is 5.32 Å². The van der Waals surface area contributed by atoms with Gasteiger partial charge in [-0.2, -0.15) is 0 Å². The predicted octanol–water partition coefficient (Wildman–Crippen LogP) is 2.12. The minimum atomic E-state index is 0.360. The minimum Gasteiger partial charge on any atom is -0.373 e. The molecular formula is C14H30N2O. The van der Waals surface area contributed by atoms with Crippen LogP contribution in [-0.2, 0) is 4.74 Å². The lowest BCUT2D eigenvalue weighted by molar-refractivity contribution is -0.0852. The van der Waals surface area contributed by atoms with E-state index in [1.54, 1.807) is 0 Å². The highest BCUT2D eigenvalue weighted by molar-refractivity contribution is 4.83. The molecule has 1 unspecified atom stereocenters. The zero-order valence-electron chi connectivity index (χ0n) is 12.4. The van der Waals surface area contributed by atoms with Gasteiger partial charge in [0.1, 0.15) is 0 Å². The maximum atomic E-state index is 5.81. The van der Waals surface area contributed by atoms with Gasteiger partial charge in [-0.25, -0.2) is 0 Å². The molecule has 102 valence electrons. The van der Waals surface area contributed by atoms with Gasteiger partial charge in [0.15, 0.2) is 0 Å². The van der Waals surface area contributed by atoms with Crippen LogP contribution >= 0.6 is 0 Å². The van der Waals surface area contributed by atoms with Crippen molar-refractivity contribution in [3.63, 3.8) is 0 Å². The van der Waals surface area contributed by atoms with E-state index >= 15 is 0 Å². The highest BCUT2D eigenvalue weighted by atomic mass is 16.5. The van der Waals surface area contributed by atoms with Crippen molar-refractivity contribution in [2.75, 3.05) is 19.6 Å². The molecule has 0 radical (unpaired) electrons. The summed E-state index contributed by atoms with van der Waals surface area (Å²) in [5.74, 6) is 0.679. The van der Waals surface area contributed by atoms with Crippen LogP contribution in [0.25, 0.3) is 0 Å². The number of hydrogen-bond donors (Lipinski definition) is 1. The molecule has 0 bridgehead atoms. The van der Waals surface area contributed by atoms with Gasteiger partial charge < -0.3 is 10.1 Å². The lowest BCUT2D eigenvalue weighted by Gasteiger charge is -2.42. The molecule has 0 aromatic rings. The molecule has 0 aromatic heterocycles. The Morgan fingerprint density at radius 2 is 1.65 bits per heavy atom. The van der Waals surface area contributed by atoms with Crippen LogP contribution in [-0.4, -0.2) is 48.8 Å². The van der Waals surface area contributed by atoms with Crippen molar-refractivity contribution in [2.45, 2.75) is 65.8 Å². The van der Waals surface area contributed by atoms with Crippen molar-refractivity contribution in [3.05, 3.63) is 0 Å². The molecule has 1 N–H and O–H groups in total. The molecule has 1 saturated heterocycles. The molecule has 0 aliphatic carbocycles. The first-order chi connectivity index (χ1) is 7.90. The molecule has 1 rings (SSSR count). The Bertz CT molecular complexity index is 208. The second-order valence-corrected chi connectivity index (χ2v) is 6.09. The van der Waals surface area contributed by atoms with Crippen molar-refractivity contribution in [1.29, 1.82) is 0 Å². The lowest BCUT2D eigenvalue weighted by Crippen LogP contribution is -2.55. The predicted molar refractivity (Wildman–Crippen MR) is 73.3 cm³/mol. The molecule has 3 heteroatoms. The molecule has 17 heavy (non-hydrogen) atoms. The van der Waals surface area contributed by atoms with Crippen molar-refractivity contribution >= 4 is 0 Å². The van der Waals surface area contributed by atoms with E-state index in [-0.39, 0.29) is 0 Å². The molecule has 1 aliphatic heterocycles. The van der Waals surface area contributed by atoms with Gasteiger partial charge in [0.2, 0.25) is 0 Å². The molecule has 3 nitrogen and oxygen atoms in total. The van der Waals surface area contributed by atoms with Crippen molar-refractivity contribution < 1.29 is 4.74 Å². The third kappa shape index (κ3) is 4.94. The fourth-order valence-electron chi connectivity index (χ4n) is 2.63. The Morgan fingerprint density at radius 1 is 1.12 bits per heavy atom. The number of morpholine rings is 1. The SMILES string of the molecule is CC(C)NCC(C(C)C)N1C[C@@H](C)O[C@@H](C)C1. The molecule has 0 aromatic carbocycles. The maximum Gasteiger partial charge on any atom is 0.0678 e. The smallest absolute Gasteiger partial charge is 0.0678 e. The van der Waals surface area contributed by atoms with Gasteiger partial charge in [-0.3, -0.25) is 4.90 Å². The maximum absolute atomic E-state index is 5.81. The third-order valence-corrected chi connectivity index (χ3v) is 3.42. The average Bonchev–Trinajstić information content (AvgIpc) is 2.14. The Hall–Kier alpha value is -0.120. The van der Waals surface area contributed by atoms with Gasteiger partial charge in [0.05, 0.1) is 12.2 Å². The number of nitrogens with one attached hydrogen (secondary N) is 1. The van der Waals surface area contributed by atoms with E-state index in [2.05, 4.69) is 51.8 Å². The minimum absolute atomic E-state index is 0.360. The molecule has 3 atom stereocenters. The molecule has 0 spiro atoms. The third-order valence-electron chi connectivity index (χ3n) is 3.42. The summed E-state index contributed by atoms with van der Waals surface area (Å²) >= 11 is 0. The van der Waals surface area contributed by atoms with Crippen LogP contribution in [0, 0.1) is 5.92 Å². The van der Waals surface area contributed by atoms with Crippen LogP contribution in [0.2, 0.25) is 0 Å². The van der Waals surface area contributed by atoms with Crippen molar-refractivity contribution in [1.82, 2.24) is 10.2 Å². The van der Waals surface area contributed by atoms with E-state index in [1.807, 2.05) is 0 Å². The summed E-state index contributed by atoms with van der Waals surface area (Å²) in [6.07, 6.45) is 0.720. The fourth-order valence-corrected chi connectivity index (χ4v) is 2.63. The van der Waals surface area contributed by atoms with Crippen LogP contribution in [0.5, 0.6) is 0 Å². The first kappa shape index (κ1) is 14.9. The van der Waals surface area contributed by atoms with E-state index in [4.69, 9.17) is 4.74 Å². The summed E-state index contributed by atoms with van der Waals surface area (Å²) in [5.41, 5.74) is 0. The number of hydrogen-bond acceptors (Lipinski definition) is 3. The summed E-state index contributed by atoms with van der Waals surface area (Å²) in [7, 11) is 0. The summed E-state index contributed by atoms with van der Waals surface area (Å²) in [5, 5.41) is 3.57. The zero-order valence-corrected chi connectivity index (χ0v) is 12.4. The van der Waals surface area contributed by atoms with Gasteiger partial charge in [0, 0.05) is 31.7 Å². The summed E-state index contributed by atoms with van der Waals surface area (Å²) < 4.78 is 5.81. The average molecular weight is 242 g/mol. The Labute approximate surface area is 107 Å². The van der Waals surface area contributed by atoms with Gasteiger partial charge in [-0.15, -0.1) is 0 Å². The van der Waals surface area contributed by atoms with Crippen LogP contribution in [0.3, 0.4) is 0 Å². The quantitative estimate of drug-likeness (QED) is 0.799. The molecule has 0 amide bonds. The van der Waals surface area contributed by atoms with E-state index in [1.165, 1.54) is 0 Å². The monoisotopic (exact) mass is 242 g/mol. The summed E-state index contributed by atoms with van der Waals surface area (Å²) in [6, 6.07) is 1.18. The molecule has 1 heterocycles. The van der Waals surface area contributed by atoms with Gasteiger partial charge in [-0.05, 0) is 19.8 Å². The van der Waals surface area contributed by atoms with Gasteiger partial charge >= 0.3 is 0 Å². The lowest BCUT2D eigenvalue weighted by atomic mass is 10.00. The van der Waals surface area contributed by atoms with E-state index < -0.39 is 0 Å². The normalized spacial score (nSPS) is 28.9. The van der Waals surface area contributed by atoms with Crippen molar-refractivity contribution in [2.24, 2.45) is 5.92 Å². The fraction of sp³-hybridized carbons (Fsp3) is 1.00. The Kier molecular flexibility index (Phi) is 5.90. The Balaban J connectivity index is 2.56. The first-order valence-electron chi connectivity index (χ1n) is 7.03. The molecule has 1 fully saturated rings. The van der Waals surface area contributed by atoms with Gasteiger partial charge in [-0.1, -0.05) is 27.7 Å². The number of ether oxygens (including phenoxy) is 1. The Morgan fingerprint density at radius 3 is 2.06 bits per heavy atom. The highest BCUT2D eigenvalue weighted by Gasteiger charge is 2.29. The molecular weight excluding hydrogens is 212 g/mol. The first-order valence-corrected chi connectivity index (χ1v) is 7.03. The van der Waals surface area contributed by atoms with Gasteiger partial charge in [0.25, 0.3) is 0 Å². The topological polar surface area (TPSA) is 24.5 Å². The molecule has 1 aliphatic rings. The highest BCUT2D eigenvalue weighted by Crippen LogP contribution is 2.18. The van der Waals surface area contributed by atoms with Crippen LogP contribution in [0.1, 0.15) is 41.5 Å². The van der Waals surface area contributed by atoms with E-state index in [0.717, 1.165) is 19.6 Å².